The molecule has 2 aromatic carbocycles. The first-order chi connectivity index (χ1) is 18.7. The molecule has 0 saturated carbocycles. The molecule has 2 aliphatic rings. The van der Waals surface area contributed by atoms with E-state index < -0.39 is 29.4 Å². The monoisotopic (exact) mass is 541 g/mol. The fourth-order valence-electron chi connectivity index (χ4n) is 5.10. The van der Waals surface area contributed by atoms with E-state index in [1.165, 1.54) is 11.0 Å². The smallest absolute Gasteiger partial charge is 0.416 e. The number of alkyl halides is 3. The zero-order valence-corrected chi connectivity index (χ0v) is 21.5. The SMILES string of the molecule is CCC1(N)CC(c2ncc(N3CCOCC3)cn2)c2cc(C(F)(F)F)ccc2N1C(=O)OCc1ccccc1. The van der Waals surface area contributed by atoms with Gasteiger partial charge in [-0.25, -0.2) is 14.8 Å². The lowest BCUT2D eigenvalue weighted by Gasteiger charge is -2.46. The molecule has 206 valence electrons. The number of hydrogen-bond donors (Lipinski definition) is 1. The summed E-state index contributed by atoms with van der Waals surface area (Å²) in [6, 6.07) is 12.4. The summed E-state index contributed by atoms with van der Waals surface area (Å²) in [4.78, 5) is 25.9. The third-order valence-electron chi connectivity index (χ3n) is 7.32. The molecular formula is C28H30F3N5O3. The fraction of sp³-hybridized carbons (Fsp3) is 0.393. The van der Waals surface area contributed by atoms with Crippen LogP contribution in [0, 0.1) is 0 Å². The standard InChI is InChI=1S/C28H30F3N5O3/c1-2-27(32)15-23(25-33-16-21(17-34-25)35-10-12-38-13-11-35)22-14-20(28(29,30)31)8-9-24(22)36(27)26(37)39-18-19-6-4-3-5-7-19/h3-9,14,16-17,23H,2,10-13,15,18,32H2,1H3. The number of morpholine rings is 1. The number of halogens is 3. The Labute approximate surface area is 224 Å². The van der Waals surface area contributed by atoms with Crippen molar-refractivity contribution in [2.45, 2.75) is 44.1 Å². The third-order valence-corrected chi connectivity index (χ3v) is 7.32. The van der Waals surface area contributed by atoms with Crippen molar-refractivity contribution in [3.05, 3.63) is 83.4 Å². The van der Waals surface area contributed by atoms with E-state index in [0.717, 1.165) is 23.4 Å². The average Bonchev–Trinajstić information content (AvgIpc) is 2.96. The maximum atomic E-state index is 13.8. The van der Waals surface area contributed by atoms with Crippen LogP contribution in [0.3, 0.4) is 0 Å². The average molecular weight is 542 g/mol. The van der Waals surface area contributed by atoms with Crippen LogP contribution < -0.4 is 15.5 Å². The number of amides is 1. The Morgan fingerprint density at radius 2 is 1.82 bits per heavy atom. The lowest BCUT2D eigenvalue weighted by molar-refractivity contribution is -0.137. The molecule has 1 fully saturated rings. The van der Waals surface area contributed by atoms with Crippen molar-refractivity contribution in [2.24, 2.45) is 5.73 Å². The van der Waals surface area contributed by atoms with Crippen LogP contribution in [0.1, 0.15) is 48.2 Å². The second-order valence-electron chi connectivity index (χ2n) is 9.76. The Bertz CT molecular complexity index is 1300. The van der Waals surface area contributed by atoms with Crippen LogP contribution in [0.4, 0.5) is 29.3 Å². The summed E-state index contributed by atoms with van der Waals surface area (Å²) >= 11 is 0. The maximum Gasteiger partial charge on any atom is 0.416 e. The van der Waals surface area contributed by atoms with Gasteiger partial charge in [0.2, 0.25) is 0 Å². The van der Waals surface area contributed by atoms with E-state index in [4.69, 9.17) is 15.2 Å². The molecule has 5 rings (SSSR count). The van der Waals surface area contributed by atoms with Gasteiger partial charge in [0.1, 0.15) is 18.1 Å². The highest BCUT2D eigenvalue weighted by atomic mass is 19.4. The molecule has 2 atom stereocenters. The molecule has 2 aliphatic heterocycles. The van der Waals surface area contributed by atoms with Crippen molar-refractivity contribution in [1.29, 1.82) is 0 Å². The highest BCUT2D eigenvalue weighted by Gasteiger charge is 2.47. The van der Waals surface area contributed by atoms with E-state index in [-0.39, 0.29) is 24.3 Å². The Kier molecular flexibility index (Phi) is 7.46. The van der Waals surface area contributed by atoms with Crippen LogP contribution in [0.2, 0.25) is 0 Å². The van der Waals surface area contributed by atoms with E-state index in [1.807, 2.05) is 37.3 Å². The predicted octanol–water partition coefficient (Wildman–Crippen LogP) is 5.08. The van der Waals surface area contributed by atoms with Crippen molar-refractivity contribution in [3.8, 4) is 0 Å². The Balaban J connectivity index is 1.52. The molecule has 8 nitrogen and oxygen atoms in total. The van der Waals surface area contributed by atoms with Gasteiger partial charge in [-0.3, -0.25) is 4.90 Å². The minimum atomic E-state index is -4.57. The second kappa shape index (κ2) is 10.8. The zero-order chi connectivity index (χ0) is 27.6. The van der Waals surface area contributed by atoms with Crippen LogP contribution >= 0.6 is 0 Å². The minimum Gasteiger partial charge on any atom is -0.444 e. The molecule has 0 radical (unpaired) electrons. The summed E-state index contributed by atoms with van der Waals surface area (Å²) in [5.41, 5.74) is 6.86. The number of ether oxygens (including phenoxy) is 2. The largest absolute Gasteiger partial charge is 0.444 e. The first-order valence-corrected chi connectivity index (χ1v) is 12.8. The van der Waals surface area contributed by atoms with E-state index in [2.05, 4.69) is 14.9 Å². The van der Waals surface area contributed by atoms with Crippen molar-refractivity contribution >= 4 is 17.5 Å². The van der Waals surface area contributed by atoms with E-state index in [1.54, 1.807) is 12.4 Å². The number of rotatable bonds is 5. The van der Waals surface area contributed by atoms with Crippen LogP contribution in [-0.2, 0) is 22.3 Å². The molecule has 1 aromatic heterocycles. The van der Waals surface area contributed by atoms with Gasteiger partial charge in [0, 0.05) is 19.0 Å². The van der Waals surface area contributed by atoms with Gasteiger partial charge in [0.05, 0.1) is 42.5 Å². The Morgan fingerprint density at radius 3 is 2.46 bits per heavy atom. The molecule has 3 aromatic rings. The third kappa shape index (κ3) is 5.55. The van der Waals surface area contributed by atoms with Crippen molar-refractivity contribution < 1.29 is 27.4 Å². The van der Waals surface area contributed by atoms with Crippen molar-refractivity contribution in [1.82, 2.24) is 9.97 Å². The van der Waals surface area contributed by atoms with Crippen molar-refractivity contribution in [3.63, 3.8) is 0 Å². The van der Waals surface area contributed by atoms with Crippen LogP contribution in [0.15, 0.2) is 60.9 Å². The summed E-state index contributed by atoms with van der Waals surface area (Å²) in [7, 11) is 0. The molecule has 11 heteroatoms. The highest BCUT2D eigenvalue weighted by Crippen LogP contribution is 2.47. The van der Waals surface area contributed by atoms with Crippen LogP contribution in [0.5, 0.6) is 0 Å². The molecule has 2 unspecified atom stereocenters. The normalized spacial score (nSPS) is 21.4. The number of carbonyl (C=O) groups excluding carboxylic acids is 1. The molecular weight excluding hydrogens is 511 g/mol. The van der Waals surface area contributed by atoms with Gasteiger partial charge in [0.25, 0.3) is 0 Å². The number of hydrogen-bond acceptors (Lipinski definition) is 7. The summed E-state index contributed by atoms with van der Waals surface area (Å²) in [5.74, 6) is -0.322. The zero-order valence-electron chi connectivity index (χ0n) is 21.5. The summed E-state index contributed by atoms with van der Waals surface area (Å²) in [6.45, 7) is 4.42. The molecule has 39 heavy (non-hydrogen) atoms. The maximum absolute atomic E-state index is 13.8. The van der Waals surface area contributed by atoms with Gasteiger partial charge >= 0.3 is 12.3 Å². The van der Waals surface area contributed by atoms with Crippen LogP contribution in [0.25, 0.3) is 0 Å². The first-order valence-electron chi connectivity index (χ1n) is 12.8. The number of benzene rings is 2. The lowest BCUT2D eigenvalue weighted by atomic mass is 9.80. The molecule has 3 heterocycles. The van der Waals surface area contributed by atoms with Gasteiger partial charge in [0.15, 0.2) is 0 Å². The van der Waals surface area contributed by atoms with Gasteiger partial charge in [-0.1, -0.05) is 37.3 Å². The highest BCUT2D eigenvalue weighted by molar-refractivity contribution is 5.91. The van der Waals surface area contributed by atoms with E-state index >= 15 is 0 Å². The number of anilines is 2. The molecule has 1 saturated heterocycles. The van der Waals surface area contributed by atoms with Crippen molar-refractivity contribution in [2.75, 3.05) is 36.1 Å². The Hall–Kier alpha value is -3.70. The molecule has 0 bridgehead atoms. The number of nitrogens with zero attached hydrogens (tertiary/aromatic N) is 4. The molecule has 0 spiro atoms. The number of aromatic nitrogens is 2. The van der Waals surface area contributed by atoms with E-state index in [9.17, 15) is 18.0 Å². The molecule has 1 amide bonds. The topological polar surface area (TPSA) is 93.8 Å². The molecule has 2 N–H and O–H groups in total. The fourth-order valence-corrected chi connectivity index (χ4v) is 5.10. The summed E-state index contributed by atoms with van der Waals surface area (Å²) < 4.78 is 52.2. The van der Waals surface area contributed by atoms with Gasteiger partial charge in [-0.05, 0) is 42.2 Å². The summed E-state index contributed by atoms with van der Waals surface area (Å²) in [6.07, 6.45) is -1.50. The van der Waals surface area contributed by atoms with Crippen LogP contribution in [-0.4, -0.2) is 48.0 Å². The molecule has 0 aliphatic carbocycles. The van der Waals surface area contributed by atoms with Gasteiger partial charge < -0.3 is 20.1 Å². The summed E-state index contributed by atoms with van der Waals surface area (Å²) in [5, 5.41) is 0. The van der Waals surface area contributed by atoms with Gasteiger partial charge in [-0.2, -0.15) is 13.2 Å². The number of fused-ring (bicyclic) bond motifs is 1. The first kappa shape index (κ1) is 26.9. The van der Waals surface area contributed by atoms with Gasteiger partial charge in [-0.15, -0.1) is 0 Å². The quantitative estimate of drug-likeness (QED) is 0.482. The number of nitrogens with two attached hydrogens (primary N) is 1. The second-order valence-corrected chi connectivity index (χ2v) is 9.76. The lowest BCUT2D eigenvalue weighted by Crippen LogP contribution is -2.61. The predicted molar refractivity (Wildman–Crippen MR) is 139 cm³/mol. The number of carbonyl (C=O) groups is 1. The Morgan fingerprint density at radius 1 is 1.13 bits per heavy atom. The van der Waals surface area contributed by atoms with E-state index in [0.29, 0.717) is 38.5 Å². The minimum absolute atomic E-state index is 0.00147.